The second-order valence-electron chi connectivity index (χ2n) is 4.30. The van der Waals surface area contributed by atoms with Crippen LogP contribution >= 0.6 is 22.7 Å². The van der Waals surface area contributed by atoms with Crippen LogP contribution in [0.25, 0.3) is 10.6 Å². The summed E-state index contributed by atoms with van der Waals surface area (Å²) in [5.41, 5.74) is 1.41. The van der Waals surface area contributed by atoms with Crippen molar-refractivity contribution in [3.63, 3.8) is 0 Å². The van der Waals surface area contributed by atoms with Crippen LogP contribution in [-0.2, 0) is 4.79 Å². The predicted molar refractivity (Wildman–Crippen MR) is 72.5 cm³/mol. The highest BCUT2D eigenvalue weighted by molar-refractivity contribution is 7.14. The Labute approximate surface area is 117 Å². The summed E-state index contributed by atoms with van der Waals surface area (Å²) in [4.78, 5) is 28.6. The average molecular weight is 294 g/mol. The summed E-state index contributed by atoms with van der Waals surface area (Å²) in [6.07, 6.45) is 0. The van der Waals surface area contributed by atoms with Gasteiger partial charge in [-0.2, -0.15) is 11.3 Å². The number of thiophene rings is 1. The van der Waals surface area contributed by atoms with Gasteiger partial charge in [0.2, 0.25) is 0 Å². The minimum absolute atomic E-state index is 0.185. The van der Waals surface area contributed by atoms with Gasteiger partial charge in [-0.25, -0.2) is 4.98 Å². The van der Waals surface area contributed by atoms with Crippen molar-refractivity contribution in [2.75, 3.05) is 13.1 Å². The lowest BCUT2D eigenvalue weighted by Gasteiger charge is -2.36. The smallest absolute Gasteiger partial charge is 0.310 e. The van der Waals surface area contributed by atoms with E-state index in [0.29, 0.717) is 5.69 Å². The fourth-order valence-corrected chi connectivity index (χ4v) is 3.36. The van der Waals surface area contributed by atoms with E-state index < -0.39 is 11.9 Å². The van der Waals surface area contributed by atoms with Gasteiger partial charge in [0.05, 0.1) is 5.92 Å². The maximum absolute atomic E-state index is 12.1. The molecule has 0 saturated carbocycles. The Morgan fingerprint density at radius 1 is 1.37 bits per heavy atom. The Kier molecular flexibility index (Phi) is 3.08. The SMILES string of the molecule is O=C(O)C1CN(C(=O)c2csc(-c3ccsc3)n2)C1. The van der Waals surface area contributed by atoms with Gasteiger partial charge in [-0.15, -0.1) is 11.3 Å². The maximum Gasteiger partial charge on any atom is 0.310 e. The normalized spacial score (nSPS) is 15.3. The van der Waals surface area contributed by atoms with Gasteiger partial charge >= 0.3 is 5.97 Å². The third-order valence-corrected chi connectivity index (χ3v) is 4.58. The van der Waals surface area contributed by atoms with Crippen LogP contribution in [0.5, 0.6) is 0 Å². The van der Waals surface area contributed by atoms with Crippen LogP contribution in [0.1, 0.15) is 10.5 Å². The lowest BCUT2D eigenvalue weighted by molar-refractivity contribution is -0.146. The van der Waals surface area contributed by atoms with Gasteiger partial charge in [-0.3, -0.25) is 9.59 Å². The van der Waals surface area contributed by atoms with Crippen LogP contribution in [0.15, 0.2) is 22.2 Å². The number of likely N-dealkylation sites (tertiary alicyclic amines) is 1. The molecule has 0 spiro atoms. The zero-order chi connectivity index (χ0) is 13.4. The number of carbonyl (C=O) groups excluding carboxylic acids is 1. The Morgan fingerprint density at radius 2 is 2.16 bits per heavy atom. The summed E-state index contributed by atoms with van der Waals surface area (Å²) in [6.45, 7) is 0.555. The van der Waals surface area contributed by atoms with E-state index in [9.17, 15) is 9.59 Å². The maximum atomic E-state index is 12.1. The minimum atomic E-state index is -0.846. The molecule has 0 radical (unpaired) electrons. The molecule has 2 aromatic rings. The first-order valence-electron chi connectivity index (χ1n) is 5.65. The van der Waals surface area contributed by atoms with Crippen LogP contribution in [0, 0.1) is 5.92 Å². The first kappa shape index (κ1) is 12.3. The van der Waals surface area contributed by atoms with Crippen LogP contribution in [0.2, 0.25) is 0 Å². The second-order valence-corrected chi connectivity index (χ2v) is 5.93. The van der Waals surface area contributed by atoms with Gasteiger partial charge in [-0.1, -0.05) is 0 Å². The van der Waals surface area contributed by atoms with Crippen molar-refractivity contribution >= 4 is 34.6 Å². The largest absolute Gasteiger partial charge is 0.481 e. The molecule has 0 atom stereocenters. The molecular formula is C12H10N2O3S2. The molecule has 1 aliphatic rings. The topological polar surface area (TPSA) is 70.5 Å². The minimum Gasteiger partial charge on any atom is -0.481 e. The predicted octanol–water partition coefficient (Wildman–Crippen LogP) is 2.03. The summed E-state index contributed by atoms with van der Waals surface area (Å²) in [7, 11) is 0. The third-order valence-electron chi connectivity index (χ3n) is 3.01. The van der Waals surface area contributed by atoms with E-state index >= 15 is 0 Å². The van der Waals surface area contributed by atoms with E-state index in [1.165, 1.54) is 16.2 Å². The third kappa shape index (κ3) is 2.26. The molecule has 0 aliphatic carbocycles. The zero-order valence-corrected chi connectivity index (χ0v) is 11.4. The van der Waals surface area contributed by atoms with Crippen LogP contribution in [-0.4, -0.2) is 40.0 Å². The number of rotatable bonds is 3. The number of carboxylic acids is 1. The summed E-state index contributed by atoms with van der Waals surface area (Å²) in [5.74, 6) is -1.46. The van der Waals surface area contributed by atoms with Gasteiger partial charge in [0.15, 0.2) is 0 Å². The molecule has 1 saturated heterocycles. The van der Waals surface area contributed by atoms with Crippen molar-refractivity contribution in [3.05, 3.63) is 27.9 Å². The number of hydrogen-bond acceptors (Lipinski definition) is 5. The van der Waals surface area contributed by atoms with Crippen LogP contribution < -0.4 is 0 Å². The van der Waals surface area contributed by atoms with Gasteiger partial charge in [0.1, 0.15) is 10.7 Å². The summed E-state index contributed by atoms with van der Waals surface area (Å²) in [5, 5.41) is 15.3. The standard InChI is InChI=1S/C12H10N2O3S2/c15-11(14-3-8(4-14)12(16)17)9-6-19-10(13-9)7-1-2-18-5-7/h1-2,5-6,8H,3-4H2,(H,16,17). The van der Waals surface area contributed by atoms with Gasteiger partial charge in [0.25, 0.3) is 5.91 Å². The highest BCUT2D eigenvalue weighted by Crippen LogP contribution is 2.27. The molecule has 3 rings (SSSR count). The molecule has 1 amide bonds. The number of carboxylic acid groups (broad SMARTS) is 1. The number of aromatic nitrogens is 1. The van der Waals surface area contributed by atoms with Gasteiger partial charge < -0.3 is 10.0 Å². The zero-order valence-electron chi connectivity index (χ0n) is 9.78. The van der Waals surface area contributed by atoms with E-state index in [2.05, 4.69) is 4.98 Å². The fraction of sp³-hybridized carbons (Fsp3) is 0.250. The Morgan fingerprint density at radius 3 is 2.79 bits per heavy atom. The molecule has 98 valence electrons. The Balaban J connectivity index is 1.70. The first-order chi connectivity index (χ1) is 9.15. The molecule has 1 fully saturated rings. The quantitative estimate of drug-likeness (QED) is 0.940. The number of hydrogen-bond donors (Lipinski definition) is 1. The van der Waals surface area contributed by atoms with E-state index in [0.717, 1.165) is 10.6 Å². The van der Waals surface area contributed by atoms with E-state index in [-0.39, 0.29) is 19.0 Å². The number of thiazole rings is 1. The molecule has 19 heavy (non-hydrogen) atoms. The van der Waals surface area contributed by atoms with Crippen molar-refractivity contribution in [2.24, 2.45) is 5.92 Å². The number of aliphatic carboxylic acids is 1. The fourth-order valence-electron chi connectivity index (χ4n) is 1.85. The molecule has 0 unspecified atom stereocenters. The second kappa shape index (κ2) is 4.75. The Hall–Kier alpha value is -1.73. The molecule has 0 bridgehead atoms. The van der Waals surface area contributed by atoms with Crippen LogP contribution in [0.4, 0.5) is 0 Å². The summed E-state index contributed by atoms with van der Waals surface area (Å²) >= 11 is 3.01. The van der Waals surface area contributed by atoms with Crippen molar-refractivity contribution in [3.8, 4) is 10.6 Å². The average Bonchev–Trinajstić information content (AvgIpc) is 2.97. The first-order valence-corrected chi connectivity index (χ1v) is 7.47. The number of nitrogens with zero attached hydrogens (tertiary/aromatic N) is 2. The van der Waals surface area contributed by atoms with Gasteiger partial charge in [0, 0.05) is 29.4 Å². The lowest BCUT2D eigenvalue weighted by atomic mass is 10.0. The van der Waals surface area contributed by atoms with E-state index in [1.54, 1.807) is 16.7 Å². The van der Waals surface area contributed by atoms with Gasteiger partial charge in [-0.05, 0) is 11.4 Å². The van der Waals surface area contributed by atoms with Crippen molar-refractivity contribution < 1.29 is 14.7 Å². The molecule has 1 aliphatic heterocycles. The lowest BCUT2D eigenvalue weighted by Crippen LogP contribution is -2.53. The highest BCUT2D eigenvalue weighted by Gasteiger charge is 2.36. The van der Waals surface area contributed by atoms with E-state index in [1.807, 2.05) is 16.8 Å². The molecule has 2 aromatic heterocycles. The van der Waals surface area contributed by atoms with Crippen molar-refractivity contribution in [1.29, 1.82) is 0 Å². The monoisotopic (exact) mass is 294 g/mol. The highest BCUT2D eigenvalue weighted by atomic mass is 32.1. The summed E-state index contributed by atoms with van der Waals surface area (Å²) in [6, 6.07) is 1.96. The van der Waals surface area contributed by atoms with Crippen molar-refractivity contribution in [2.45, 2.75) is 0 Å². The Bertz CT molecular complexity index is 615. The molecule has 3 heterocycles. The number of carbonyl (C=O) groups is 2. The molecule has 5 nitrogen and oxygen atoms in total. The van der Waals surface area contributed by atoms with Crippen molar-refractivity contribution in [1.82, 2.24) is 9.88 Å². The number of amides is 1. The van der Waals surface area contributed by atoms with E-state index in [4.69, 9.17) is 5.11 Å². The summed E-state index contributed by atoms with van der Waals surface area (Å²) < 4.78 is 0. The van der Waals surface area contributed by atoms with Crippen LogP contribution in [0.3, 0.4) is 0 Å². The molecule has 7 heteroatoms. The molecule has 0 aromatic carbocycles. The molecular weight excluding hydrogens is 284 g/mol. The molecule has 1 N–H and O–H groups in total.